The lowest BCUT2D eigenvalue weighted by molar-refractivity contribution is -0.122. The van der Waals surface area contributed by atoms with Crippen molar-refractivity contribution in [3.05, 3.63) is 22.4 Å². The molecule has 0 aromatic carbocycles. The predicted octanol–water partition coefficient (Wildman–Crippen LogP) is 2.44. The van der Waals surface area contributed by atoms with E-state index in [-0.39, 0.29) is 5.91 Å². The van der Waals surface area contributed by atoms with Gasteiger partial charge in [0, 0.05) is 11.4 Å². The summed E-state index contributed by atoms with van der Waals surface area (Å²) in [6.45, 7) is 2.98. The first kappa shape index (κ1) is 12.6. The molecule has 1 aliphatic rings. The van der Waals surface area contributed by atoms with E-state index in [2.05, 4.69) is 12.2 Å². The van der Waals surface area contributed by atoms with Gasteiger partial charge < -0.3 is 11.1 Å². The summed E-state index contributed by atoms with van der Waals surface area (Å²) >= 11 is 1.53. The van der Waals surface area contributed by atoms with Gasteiger partial charge >= 0.3 is 0 Å². The number of hydrogen-bond donors (Lipinski definition) is 2. The van der Waals surface area contributed by atoms with Crippen LogP contribution in [0.5, 0.6) is 0 Å². The van der Waals surface area contributed by atoms with Crippen LogP contribution in [-0.4, -0.2) is 12.5 Å². The van der Waals surface area contributed by atoms with Gasteiger partial charge in [0.1, 0.15) is 6.04 Å². The smallest absolute Gasteiger partial charge is 0.242 e. The van der Waals surface area contributed by atoms with Gasteiger partial charge in [-0.15, -0.1) is 11.3 Å². The zero-order chi connectivity index (χ0) is 12.3. The highest BCUT2D eigenvalue weighted by molar-refractivity contribution is 7.10. The molecular formula is C13H20N2OS. The maximum Gasteiger partial charge on any atom is 0.242 e. The molecule has 1 aromatic heterocycles. The number of hydrogen-bond acceptors (Lipinski definition) is 3. The van der Waals surface area contributed by atoms with Gasteiger partial charge in [-0.2, -0.15) is 0 Å². The molecular weight excluding hydrogens is 232 g/mol. The third kappa shape index (κ3) is 3.07. The number of amides is 1. The van der Waals surface area contributed by atoms with E-state index in [1.165, 1.54) is 37.0 Å². The van der Waals surface area contributed by atoms with Crippen LogP contribution in [0.2, 0.25) is 0 Å². The molecule has 1 saturated carbocycles. The Labute approximate surface area is 106 Å². The molecule has 1 aliphatic carbocycles. The Morgan fingerprint density at radius 2 is 2.41 bits per heavy atom. The zero-order valence-corrected chi connectivity index (χ0v) is 11.1. The van der Waals surface area contributed by atoms with E-state index >= 15 is 0 Å². The third-order valence-corrected chi connectivity index (χ3v) is 4.46. The van der Waals surface area contributed by atoms with E-state index in [0.717, 1.165) is 11.4 Å². The summed E-state index contributed by atoms with van der Waals surface area (Å²) in [6, 6.07) is 3.33. The van der Waals surface area contributed by atoms with Crippen LogP contribution in [0.1, 0.15) is 43.5 Å². The van der Waals surface area contributed by atoms with E-state index in [0.29, 0.717) is 5.41 Å². The van der Waals surface area contributed by atoms with Crippen molar-refractivity contribution in [2.45, 2.75) is 38.6 Å². The summed E-state index contributed by atoms with van der Waals surface area (Å²) in [5.74, 6) is -0.0465. The fourth-order valence-corrected chi connectivity index (χ4v) is 2.93. The van der Waals surface area contributed by atoms with Crippen LogP contribution in [0.15, 0.2) is 17.5 Å². The van der Waals surface area contributed by atoms with Gasteiger partial charge in [0.25, 0.3) is 0 Å². The van der Waals surface area contributed by atoms with Crippen molar-refractivity contribution >= 4 is 17.2 Å². The topological polar surface area (TPSA) is 55.1 Å². The molecule has 1 unspecified atom stereocenters. The van der Waals surface area contributed by atoms with Crippen molar-refractivity contribution in [1.82, 2.24) is 5.32 Å². The first-order valence-electron chi connectivity index (χ1n) is 6.23. The fraction of sp³-hybridized carbons (Fsp3) is 0.615. The Morgan fingerprint density at radius 1 is 1.65 bits per heavy atom. The van der Waals surface area contributed by atoms with Crippen molar-refractivity contribution in [3.63, 3.8) is 0 Å². The van der Waals surface area contributed by atoms with Crippen molar-refractivity contribution in [2.75, 3.05) is 6.54 Å². The van der Waals surface area contributed by atoms with E-state index in [1.54, 1.807) is 0 Å². The summed E-state index contributed by atoms with van der Waals surface area (Å²) in [4.78, 5) is 12.8. The minimum absolute atomic E-state index is 0.0465. The van der Waals surface area contributed by atoms with Crippen molar-refractivity contribution in [1.29, 1.82) is 0 Å². The molecule has 2 rings (SSSR count). The molecule has 0 aliphatic heterocycles. The lowest BCUT2D eigenvalue weighted by Gasteiger charge is -2.17. The lowest BCUT2D eigenvalue weighted by atomic mass is 10.0. The van der Waals surface area contributed by atoms with E-state index in [4.69, 9.17) is 5.73 Å². The standard InChI is InChI=1S/C13H20N2OS/c1-2-5-13(6-7-13)9-15-12(16)11(14)10-4-3-8-17-10/h3-4,8,11H,2,5-7,9,14H2,1H3,(H,15,16). The average molecular weight is 252 g/mol. The fourth-order valence-electron chi connectivity index (χ4n) is 2.20. The number of rotatable bonds is 6. The molecule has 1 aromatic rings. The van der Waals surface area contributed by atoms with Gasteiger partial charge in [-0.05, 0) is 36.1 Å². The minimum atomic E-state index is -0.507. The normalized spacial score (nSPS) is 18.7. The second-order valence-corrected chi connectivity index (χ2v) is 5.94. The molecule has 0 spiro atoms. The summed E-state index contributed by atoms with van der Waals surface area (Å²) in [5.41, 5.74) is 6.29. The molecule has 1 fully saturated rings. The van der Waals surface area contributed by atoms with Gasteiger partial charge in [0.15, 0.2) is 0 Å². The average Bonchev–Trinajstić information content (AvgIpc) is 2.89. The number of carbonyl (C=O) groups is 1. The molecule has 0 saturated heterocycles. The van der Waals surface area contributed by atoms with Gasteiger partial charge in [-0.3, -0.25) is 4.79 Å². The molecule has 3 N–H and O–H groups in total. The Morgan fingerprint density at radius 3 is 2.94 bits per heavy atom. The summed E-state index contributed by atoms with van der Waals surface area (Å²) < 4.78 is 0. The van der Waals surface area contributed by atoms with Crippen molar-refractivity contribution in [3.8, 4) is 0 Å². The Balaban J connectivity index is 1.82. The van der Waals surface area contributed by atoms with Crippen molar-refractivity contribution < 1.29 is 4.79 Å². The molecule has 0 bridgehead atoms. The Bertz CT molecular complexity index is 371. The quantitative estimate of drug-likeness (QED) is 0.817. The number of thiophene rings is 1. The molecule has 1 heterocycles. The minimum Gasteiger partial charge on any atom is -0.354 e. The van der Waals surface area contributed by atoms with Crippen LogP contribution in [0.25, 0.3) is 0 Å². The first-order valence-corrected chi connectivity index (χ1v) is 7.11. The highest BCUT2D eigenvalue weighted by Crippen LogP contribution is 2.48. The molecule has 94 valence electrons. The largest absolute Gasteiger partial charge is 0.354 e. The molecule has 3 nitrogen and oxygen atoms in total. The van der Waals surface area contributed by atoms with Gasteiger partial charge in [-0.1, -0.05) is 19.4 Å². The molecule has 17 heavy (non-hydrogen) atoms. The number of nitrogens with one attached hydrogen (secondary N) is 1. The maximum atomic E-state index is 11.9. The second kappa shape index (κ2) is 5.19. The van der Waals surface area contributed by atoms with E-state index in [1.807, 2.05) is 17.5 Å². The third-order valence-electron chi connectivity index (χ3n) is 3.51. The summed E-state index contributed by atoms with van der Waals surface area (Å²) in [6.07, 6.45) is 4.89. The highest BCUT2D eigenvalue weighted by Gasteiger charge is 2.41. The van der Waals surface area contributed by atoms with Gasteiger partial charge in [0.2, 0.25) is 5.91 Å². The Kier molecular flexibility index (Phi) is 3.84. The number of nitrogens with two attached hydrogens (primary N) is 1. The highest BCUT2D eigenvalue weighted by atomic mass is 32.1. The van der Waals surface area contributed by atoms with Crippen LogP contribution >= 0.6 is 11.3 Å². The van der Waals surface area contributed by atoms with Gasteiger partial charge in [-0.25, -0.2) is 0 Å². The summed E-state index contributed by atoms with van der Waals surface area (Å²) in [7, 11) is 0. The number of carbonyl (C=O) groups excluding carboxylic acids is 1. The maximum absolute atomic E-state index is 11.9. The molecule has 1 atom stereocenters. The first-order chi connectivity index (χ1) is 8.17. The van der Waals surface area contributed by atoms with Crippen LogP contribution in [0.4, 0.5) is 0 Å². The molecule has 4 heteroatoms. The molecule has 0 radical (unpaired) electrons. The van der Waals surface area contributed by atoms with E-state index < -0.39 is 6.04 Å². The monoisotopic (exact) mass is 252 g/mol. The van der Waals surface area contributed by atoms with Crippen LogP contribution in [-0.2, 0) is 4.79 Å². The van der Waals surface area contributed by atoms with Gasteiger partial charge in [0.05, 0.1) is 0 Å². The second-order valence-electron chi connectivity index (χ2n) is 4.96. The SMILES string of the molecule is CCCC1(CNC(=O)C(N)c2cccs2)CC1. The molecule has 1 amide bonds. The Hall–Kier alpha value is -0.870. The zero-order valence-electron chi connectivity index (χ0n) is 10.2. The van der Waals surface area contributed by atoms with E-state index in [9.17, 15) is 4.79 Å². The predicted molar refractivity (Wildman–Crippen MR) is 70.8 cm³/mol. The van der Waals surface area contributed by atoms with Crippen LogP contribution in [0.3, 0.4) is 0 Å². The van der Waals surface area contributed by atoms with Crippen LogP contribution in [0, 0.1) is 5.41 Å². The summed E-state index contributed by atoms with van der Waals surface area (Å²) in [5, 5.41) is 4.95. The lowest BCUT2D eigenvalue weighted by Crippen LogP contribution is -2.37. The van der Waals surface area contributed by atoms with Crippen LogP contribution < -0.4 is 11.1 Å². The van der Waals surface area contributed by atoms with Crippen molar-refractivity contribution in [2.24, 2.45) is 11.1 Å².